The quantitative estimate of drug-likeness (QED) is 0.902. The molecule has 0 aliphatic carbocycles. The Bertz CT molecular complexity index is 607. The van der Waals surface area contributed by atoms with E-state index < -0.39 is 15.2 Å². The zero-order valence-corrected chi connectivity index (χ0v) is 14.6. The van der Waals surface area contributed by atoms with Gasteiger partial charge in [0.2, 0.25) is 0 Å². The van der Waals surface area contributed by atoms with Crippen LogP contribution in [0.15, 0.2) is 18.2 Å². The lowest BCUT2D eigenvalue weighted by molar-refractivity contribution is 0.198. The Morgan fingerprint density at radius 1 is 1.52 bits per heavy atom. The first-order valence-electron chi connectivity index (χ1n) is 6.83. The smallest absolute Gasteiger partial charge is 0.164 e. The molecule has 1 heterocycles. The van der Waals surface area contributed by atoms with Crippen LogP contribution in [0.4, 0.5) is 0 Å². The maximum absolute atomic E-state index is 12.0. The van der Waals surface area contributed by atoms with Crippen molar-refractivity contribution in [3.63, 3.8) is 0 Å². The van der Waals surface area contributed by atoms with Gasteiger partial charge in [-0.3, -0.25) is 4.90 Å². The average Bonchev–Trinajstić information content (AvgIpc) is 2.43. The second kappa shape index (κ2) is 6.87. The number of thioether (sulfide) groups is 1. The van der Waals surface area contributed by atoms with Crippen molar-refractivity contribution < 1.29 is 8.42 Å². The highest BCUT2D eigenvalue weighted by Gasteiger charge is 2.35. The van der Waals surface area contributed by atoms with Crippen molar-refractivity contribution in [3.05, 3.63) is 34.3 Å². The summed E-state index contributed by atoms with van der Waals surface area (Å²) >= 11 is 7.87. The Labute approximate surface area is 135 Å². The van der Waals surface area contributed by atoms with Gasteiger partial charge in [-0.25, -0.2) is 8.42 Å². The Hall–Kier alpha value is -0.270. The lowest BCUT2D eigenvalue weighted by atomic mass is 10.0. The van der Waals surface area contributed by atoms with Crippen molar-refractivity contribution >= 4 is 33.2 Å². The van der Waals surface area contributed by atoms with Gasteiger partial charge in [-0.05, 0) is 24.1 Å². The Morgan fingerprint density at radius 2 is 2.24 bits per heavy atom. The summed E-state index contributed by atoms with van der Waals surface area (Å²) in [6.07, 6.45) is 1.30. The number of hydrogen-bond acceptors (Lipinski definition) is 5. The van der Waals surface area contributed by atoms with Crippen molar-refractivity contribution in [2.75, 3.05) is 30.9 Å². The third kappa shape index (κ3) is 3.93. The normalized spacial score (nSPS) is 22.2. The molecule has 2 N–H and O–H groups in total. The van der Waals surface area contributed by atoms with Gasteiger partial charge in [0.25, 0.3) is 0 Å². The number of benzene rings is 1. The molecule has 118 valence electrons. The molecule has 0 amide bonds. The van der Waals surface area contributed by atoms with Crippen LogP contribution < -0.4 is 5.73 Å². The monoisotopic (exact) mass is 348 g/mol. The summed E-state index contributed by atoms with van der Waals surface area (Å²) in [7, 11) is -3.14. The lowest BCUT2D eigenvalue weighted by Gasteiger charge is -2.39. The molecule has 1 aromatic carbocycles. The van der Waals surface area contributed by atoms with Gasteiger partial charge in [0.05, 0.1) is 0 Å². The molecule has 0 radical (unpaired) electrons. The van der Waals surface area contributed by atoms with E-state index in [2.05, 4.69) is 0 Å². The van der Waals surface area contributed by atoms with Crippen molar-refractivity contribution in [1.29, 1.82) is 0 Å². The van der Waals surface area contributed by atoms with Crippen molar-refractivity contribution in [1.82, 2.24) is 4.90 Å². The first-order valence-corrected chi connectivity index (χ1v) is 10.3. The fraction of sp³-hybridized carbons (Fsp3) is 0.571. The van der Waals surface area contributed by atoms with E-state index in [1.807, 2.05) is 30.0 Å². The minimum atomic E-state index is -3.14. The minimum Gasteiger partial charge on any atom is -0.329 e. The van der Waals surface area contributed by atoms with E-state index in [1.54, 1.807) is 11.8 Å². The number of aryl methyl sites for hydroxylation is 1. The molecule has 1 saturated heterocycles. The van der Waals surface area contributed by atoms with E-state index in [0.717, 1.165) is 23.4 Å². The molecule has 0 bridgehead atoms. The van der Waals surface area contributed by atoms with E-state index in [9.17, 15) is 8.42 Å². The molecule has 0 saturated carbocycles. The van der Waals surface area contributed by atoms with Crippen molar-refractivity contribution in [2.24, 2.45) is 5.73 Å². The highest BCUT2D eigenvalue weighted by atomic mass is 35.5. The maximum Gasteiger partial charge on any atom is 0.164 e. The molecular weight excluding hydrogens is 328 g/mol. The lowest BCUT2D eigenvalue weighted by Crippen LogP contribution is -2.50. The molecule has 21 heavy (non-hydrogen) atoms. The van der Waals surface area contributed by atoms with Crippen LogP contribution in [0.1, 0.15) is 17.2 Å². The summed E-state index contributed by atoms with van der Waals surface area (Å²) in [6.45, 7) is 3.03. The number of nitrogens with two attached hydrogens (primary N) is 1. The molecule has 1 aliphatic rings. The van der Waals surface area contributed by atoms with Crippen LogP contribution in [-0.4, -0.2) is 49.5 Å². The van der Waals surface area contributed by atoms with E-state index in [1.165, 1.54) is 6.26 Å². The topological polar surface area (TPSA) is 63.4 Å². The van der Waals surface area contributed by atoms with Crippen LogP contribution in [0, 0.1) is 6.92 Å². The number of halogens is 1. The molecule has 0 aromatic heterocycles. The second-order valence-corrected chi connectivity index (χ2v) is 9.12. The first-order chi connectivity index (χ1) is 9.84. The number of rotatable bonds is 4. The SMILES string of the molecule is Cc1ccc(C(CN)N2CCSCC2S(C)(=O)=O)cc1Cl. The van der Waals surface area contributed by atoms with Gasteiger partial charge in [0.1, 0.15) is 5.37 Å². The predicted octanol–water partition coefficient (Wildman–Crippen LogP) is 2.07. The molecule has 2 unspecified atom stereocenters. The van der Waals surface area contributed by atoms with Crippen LogP contribution in [0.2, 0.25) is 5.02 Å². The van der Waals surface area contributed by atoms with Gasteiger partial charge < -0.3 is 5.73 Å². The van der Waals surface area contributed by atoms with Crippen LogP contribution in [-0.2, 0) is 9.84 Å². The molecule has 4 nitrogen and oxygen atoms in total. The molecule has 7 heteroatoms. The molecule has 0 spiro atoms. The van der Waals surface area contributed by atoms with Gasteiger partial charge in [-0.15, -0.1) is 0 Å². The van der Waals surface area contributed by atoms with Crippen LogP contribution in [0.25, 0.3) is 0 Å². The zero-order chi connectivity index (χ0) is 15.6. The van der Waals surface area contributed by atoms with Crippen LogP contribution in [0.3, 0.4) is 0 Å². The number of hydrogen-bond donors (Lipinski definition) is 1. The summed E-state index contributed by atoms with van der Waals surface area (Å²) in [4.78, 5) is 2.01. The van der Waals surface area contributed by atoms with Gasteiger partial charge >= 0.3 is 0 Å². The molecular formula is C14H21ClN2O2S2. The van der Waals surface area contributed by atoms with E-state index in [4.69, 9.17) is 17.3 Å². The molecule has 1 fully saturated rings. The summed E-state index contributed by atoms with van der Waals surface area (Å²) in [6, 6.07) is 5.72. The van der Waals surface area contributed by atoms with Gasteiger partial charge in [0.15, 0.2) is 9.84 Å². The Morgan fingerprint density at radius 3 is 2.81 bits per heavy atom. The van der Waals surface area contributed by atoms with Crippen LogP contribution >= 0.6 is 23.4 Å². The fourth-order valence-corrected chi connectivity index (χ4v) is 5.71. The summed E-state index contributed by atoms with van der Waals surface area (Å²) in [5, 5.41) is 0.207. The van der Waals surface area contributed by atoms with Gasteiger partial charge in [-0.2, -0.15) is 11.8 Å². The fourth-order valence-electron chi connectivity index (χ4n) is 2.60. The van der Waals surface area contributed by atoms with Crippen molar-refractivity contribution in [2.45, 2.75) is 18.3 Å². The summed E-state index contributed by atoms with van der Waals surface area (Å²) in [5.74, 6) is 1.51. The van der Waals surface area contributed by atoms with Crippen molar-refractivity contribution in [3.8, 4) is 0 Å². The minimum absolute atomic E-state index is 0.122. The molecule has 1 aliphatic heterocycles. The molecule has 2 atom stereocenters. The van der Waals surface area contributed by atoms with E-state index >= 15 is 0 Å². The highest BCUT2D eigenvalue weighted by Crippen LogP contribution is 2.31. The molecule has 1 aromatic rings. The first kappa shape index (κ1) is 17.1. The van der Waals surface area contributed by atoms with Gasteiger partial charge in [0, 0.05) is 41.9 Å². The summed E-state index contributed by atoms with van der Waals surface area (Å²) in [5.41, 5.74) is 7.93. The predicted molar refractivity (Wildman–Crippen MR) is 90.6 cm³/mol. The van der Waals surface area contributed by atoms with Crippen LogP contribution in [0.5, 0.6) is 0 Å². The number of nitrogens with zero attached hydrogens (tertiary/aromatic N) is 1. The van der Waals surface area contributed by atoms with Gasteiger partial charge in [-0.1, -0.05) is 23.7 Å². The summed E-state index contributed by atoms with van der Waals surface area (Å²) < 4.78 is 24.1. The second-order valence-electron chi connectivity index (χ2n) is 5.36. The third-order valence-electron chi connectivity index (χ3n) is 3.82. The largest absolute Gasteiger partial charge is 0.329 e. The third-order valence-corrected chi connectivity index (χ3v) is 6.89. The Balaban J connectivity index is 2.36. The standard InChI is InChI=1S/C14H21ClN2O2S2/c1-10-3-4-11(7-12(10)15)13(8-16)17-5-6-20-9-14(17)21(2,18)19/h3-4,7,13-14H,5-6,8-9,16H2,1-2H3. The highest BCUT2D eigenvalue weighted by molar-refractivity contribution is 8.00. The Kier molecular flexibility index (Phi) is 5.59. The number of sulfone groups is 1. The average molecular weight is 349 g/mol. The molecule has 2 rings (SSSR count). The maximum atomic E-state index is 12.0. The zero-order valence-electron chi connectivity index (χ0n) is 12.3. The van der Waals surface area contributed by atoms with E-state index in [-0.39, 0.29) is 6.04 Å². The van der Waals surface area contributed by atoms with E-state index in [0.29, 0.717) is 17.3 Å².